The first-order chi connectivity index (χ1) is 9.81. The topological polar surface area (TPSA) is 73.1 Å². The van der Waals surface area contributed by atoms with Crippen molar-refractivity contribution >= 4 is 11.2 Å². The van der Waals surface area contributed by atoms with Crippen molar-refractivity contribution in [3.63, 3.8) is 0 Å². The first-order valence-electron chi connectivity index (χ1n) is 6.22. The molecule has 0 amide bonds. The molecule has 6 nitrogen and oxygen atoms in total. The van der Waals surface area contributed by atoms with Gasteiger partial charge in [-0.05, 0) is 5.56 Å². The van der Waals surface area contributed by atoms with Gasteiger partial charge in [-0.25, -0.2) is 4.98 Å². The Bertz CT molecular complexity index is 725. The van der Waals surface area contributed by atoms with E-state index in [1.807, 2.05) is 34.9 Å². The number of hydrogen-bond donors (Lipinski definition) is 1. The van der Waals surface area contributed by atoms with Crippen LogP contribution >= 0.6 is 0 Å². The van der Waals surface area contributed by atoms with Crippen LogP contribution in [0.2, 0.25) is 0 Å². The molecule has 1 aromatic carbocycles. The molecule has 0 saturated carbocycles. The molecule has 0 aliphatic carbocycles. The van der Waals surface area contributed by atoms with E-state index in [9.17, 15) is 5.11 Å². The third kappa shape index (κ3) is 2.21. The quantitative estimate of drug-likeness (QED) is 0.775. The second kappa shape index (κ2) is 5.26. The third-order valence-corrected chi connectivity index (χ3v) is 3.04. The molecule has 0 aliphatic rings. The molecule has 3 rings (SSSR count). The minimum atomic E-state index is -0.197. The zero-order chi connectivity index (χ0) is 13.9. The van der Waals surface area contributed by atoms with Crippen molar-refractivity contribution in [3.05, 3.63) is 47.9 Å². The number of rotatable bonds is 4. The Hall–Kier alpha value is -2.47. The van der Waals surface area contributed by atoms with Crippen molar-refractivity contribution < 1.29 is 9.84 Å². The summed E-state index contributed by atoms with van der Waals surface area (Å²) < 4.78 is 6.98. The Morgan fingerprint density at radius 2 is 2.00 bits per heavy atom. The monoisotopic (exact) mass is 270 g/mol. The number of fused-ring (bicyclic) bond motifs is 1. The number of imidazole rings is 1. The van der Waals surface area contributed by atoms with Gasteiger partial charge in [0.05, 0.1) is 26.6 Å². The average Bonchev–Trinajstić information content (AvgIpc) is 2.90. The van der Waals surface area contributed by atoms with Gasteiger partial charge in [0.25, 0.3) is 0 Å². The molecular weight excluding hydrogens is 256 g/mol. The minimum Gasteiger partial charge on any atom is -0.467 e. The van der Waals surface area contributed by atoms with Crippen molar-refractivity contribution in [1.82, 2.24) is 19.5 Å². The minimum absolute atomic E-state index is 0.197. The lowest BCUT2D eigenvalue weighted by molar-refractivity contribution is 0.275. The van der Waals surface area contributed by atoms with Crippen LogP contribution < -0.4 is 4.74 Å². The molecule has 0 unspecified atom stereocenters. The third-order valence-electron chi connectivity index (χ3n) is 3.04. The summed E-state index contributed by atoms with van der Waals surface area (Å²) in [6.45, 7) is 0.458. The number of methoxy groups -OCH3 is 1. The Labute approximate surface area is 115 Å². The van der Waals surface area contributed by atoms with Gasteiger partial charge in [0.2, 0.25) is 0 Å². The second-order valence-corrected chi connectivity index (χ2v) is 4.35. The van der Waals surface area contributed by atoms with E-state index in [2.05, 4.69) is 15.0 Å². The van der Waals surface area contributed by atoms with Gasteiger partial charge in [0.1, 0.15) is 11.2 Å². The predicted molar refractivity (Wildman–Crippen MR) is 73.3 cm³/mol. The molecule has 0 aliphatic heterocycles. The number of nitrogens with zero attached hydrogens (tertiary/aromatic N) is 4. The van der Waals surface area contributed by atoms with Gasteiger partial charge in [-0.3, -0.25) is 0 Å². The van der Waals surface area contributed by atoms with Gasteiger partial charge in [0.15, 0.2) is 5.65 Å². The molecule has 0 atom stereocenters. The van der Waals surface area contributed by atoms with Crippen LogP contribution in [-0.4, -0.2) is 31.7 Å². The second-order valence-electron chi connectivity index (χ2n) is 4.35. The molecule has 20 heavy (non-hydrogen) atoms. The van der Waals surface area contributed by atoms with Crippen molar-refractivity contribution in [2.24, 2.45) is 0 Å². The number of hydrogen-bond acceptors (Lipinski definition) is 5. The lowest BCUT2D eigenvalue weighted by Crippen LogP contribution is -2.03. The molecule has 6 heteroatoms. The van der Waals surface area contributed by atoms with Gasteiger partial charge in [-0.15, -0.1) is 0 Å². The van der Waals surface area contributed by atoms with Crippen LogP contribution in [0.4, 0.5) is 0 Å². The van der Waals surface area contributed by atoms with Gasteiger partial charge in [-0.1, -0.05) is 30.3 Å². The maximum Gasteiger partial charge on any atom is 0.318 e. The Morgan fingerprint density at radius 3 is 2.70 bits per heavy atom. The highest BCUT2D eigenvalue weighted by atomic mass is 16.5. The summed E-state index contributed by atoms with van der Waals surface area (Å²) in [5.74, 6) is 0. The largest absolute Gasteiger partial charge is 0.467 e. The summed E-state index contributed by atoms with van der Waals surface area (Å²) in [4.78, 5) is 12.7. The summed E-state index contributed by atoms with van der Waals surface area (Å²) >= 11 is 0. The zero-order valence-electron chi connectivity index (χ0n) is 11.0. The number of aliphatic hydroxyl groups is 1. The highest BCUT2D eigenvalue weighted by molar-refractivity contribution is 5.73. The van der Waals surface area contributed by atoms with Crippen molar-refractivity contribution in [3.8, 4) is 6.01 Å². The maximum atomic E-state index is 9.36. The Balaban J connectivity index is 2.08. The normalized spacial score (nSPS) is 10.9. The van der Waals surface area contributed by atoms with Crippen LogP contribution in [-0.2, 0) is 13.2 Å². The van der Waals surface area contributed by atoms with Gasteiger partial charge < -0.3 is 14.4 Å². The lowest BCUT2D eigenvalue weighted by Gasteiger charge is -2.06. The van der Waals surface area contributed by atoms with Crippen LogP contribution in [0.3, 0.4) is 0 Å². The molecule has 2 heterocycles. The fourth-order valence-corrected chi connectivity index (χ4v) is 2.08. The van der Waals surface area contributed by atoms with Gasteiger partial charge in [-0.2, -0.15) is 9.97 Å². The molecule has 0 saturated heterocycles. The number of aliphatic hydroxyl groups excluding tert-OH is 1. The number of aromatic nitrogens is 4. The van der Waals surface area contributed by atoms with Crippen molar-refractivity contribution in [1.29, 1.82) is 0 Å². The van der Waals surface area contributed by atoms with E-state index >= 15 is 0 Å². The Kier molecular flexibility index (Phi) is 3.30. The molecule has 0 fully saturated rings. The molecular formula is C14H14N4O2. The fourth-order valence-electron chi connectivity index (χ4n) is 2.08. The average molecular weight is 270 g/mol. The molecule has 3 aromatic rings. The standard InChI is InChI=1S/C14H14N4O2/c1-20-14-16-11(8-19)12-13(17-14)18(9-15-12)7-10-5-3-2-4-6-10/h2-6,9,19H,7-8H2,1H3. The summed E-state index contributed by atoms with van der Waals surface area (Å²) in [6.07, 6.45) is 1.70. The first kappa shape index (κ1) is 12.6. The van der Waals surface area contributed by atoms with Crippen LogP contribution in [0, 0.1) is 0 Å². The van der Waals surface area contributed by atoms with Gasteiger partial charge in [0, 0.05) is 0 Å². The molecule has 0 bridgehead atoms. The predicted octanol–water partition coefficient (Wildman–Crippen LogP) is 1.38. The highest BCUT2D eigenvalue weighted by Gasteiger charge is 2.13. The summed E-state index contributed by atoms with van der Waals surface area (Å²) in [5.41, 5.74) is 2.88. The number of benzene rings is 1. The summed E-state index contributed by atoms with van der Waals surface area (Å²) in [5, 5.41) is 9.36. The summed E-state index contributed by atoms with van der Waals surface area (Å²) in [6, 6.07) is 10.3. The highest BCUT2D eigenvalue weighted by Crippen LogP contribution is 2.18. The smallest absolute Gasteiger partial charge is 0.318 e. The van der Waals surface area contributed by atoms with E-state index < -0.39 is 0 Å². The van der Waals surface area contributed by atoms with Gasteiger partial charge >= 0.3 is 6.01 Å². The van der Waals surface area contributed by atoms with Crippen LogP contribution in [0.25, 0.3) is 11.2 Å². The fraction of sp³-hybridized carbons (Fsp3) is 0.214. The van der Waals surface area contributed by atoms with Crippen LogP contribution in [0.5, 0.6) is 6.01 Å². The molecule has 0 spiro atoms. The zero-order valence-corrected chi connectivity index (χ0v) is 11.0. The van der Waals surface area contributed by atoms with Crippen LogP contribution in [0.15, 0.2) is 36.7 Å². The Morgan fingerprint density at radius 1 is 1.20 bits per heavy atom. The van der Waals surface area contributed by atoms with E-state index in [0.29, 0.717) is 23.4 Å². The van der Waals surface area contributed by atoms with E-state index in [0.717, 1.165) is 5.56 Å². The molecule has 102 valence electrons. The molecule has 1 N–H and O–H groups in total. The van der Waals surface area contributed by atoms with Crippen LogP contribution in [0.1, 0.15) is 11.3 Å². The maximum absolute atomic E-state index is 9.36. The summed E-state index contributed by atoms with van der Waals surface area (Å²) in [7, 11) is 1.50. The van der Waals surface area contributed by atoms with Crippen molar-refractivity contribution in [2.45, 2.75) is 13.2 Å². The SMILES string of the molecule is COc1nc(CO)c2ncn(Cc3ccccc3)c2n1. The van der Waals surface area contributed by atoms with Crippen molar-refractivity contribution in [2.75, 3.05) is 7.11 Å². The van der Waals surface area contributed by atoms with E-state index in [-0.39, 0.29) is 12.6 Å². The van der Waals surface area contributed by atoms with E-state index in [1.165, 1.54) is 7.11 Å². The van der Waals surface area contributed by atoms with E-state index in [1.54, 1.807) is 6.33 Å². The van der Waals surface area contributed by atoms with E-state index in [4.69, 9.17) is 4.74 Å². The molecule has 2 aromatic heterocycles. The molecule has 0 radical (unpaired) electrons. The first-order valence-corrected chi connectivity index (χ1v) is 6.22. The number of ether oxygens (including phenoxy) is 1. The lowest BCUT2D eigenvalue weighted by atomic mass is 10.2.